The molecule has 0 aromatic carbocycles. The summed E-state index contributed by atoms with van der Waals surface area (Å²) in [5, 5.41) is 11.3. The highest BCUT2D eigenvalue weighted by atomic mass is 16.3. The molecular weight excluding hydrogens is 214 g/mol. The maximum Gasteiger partial charge on any atom is 0.245 e. The molecule has 0 bridgehead atoms. The molecule has 0 radical (unpaired) electrons. The minimum absolute atomic E-state index is 0.281. The highest BCUT2D eigenvalue weighted by molar-refractivity contribution is 5.76. The van der Waals surface area contributed by atoms with Gasteiger partial charge in [-0.05, 0) is 30.1 Å². The van der Waals surface area contributed by atoms with Crippen molar-refractivity contribution in [1.82, 2.24) is 5.32 Å². The molecule has 0 aliphatic heterocycles. The van der Waals surface area contributed by atoms with Crippen LogP contribution in [0.1, 0.15) is 60.3 Å². The van der Waals surface area contributed by atoms with Gasteiger partial charge in [0.25, 0.3) is 0 Å². The second kappa shape index (κ2) is 7.00. The van der Waals surface area contributed by atoms with Crippen molar-refractivity contribution >= 4 is 5.91 Å². The molecule has 0 fully saturated rings. The Kier molecular flexibility index (Phi) is 6.76. The molecule has 0 spiro atoms. The van der Waals surface area contributed by atoms with Crippen LogP contribution in [0.2, 0.25) is 0 Å². The highest BCUT2D eigenvalue weighted by Crippen LogP contribution is 2.38. The minimum Gasteiger partial charge on any atom is -0.387 e. The molecule has 102 valence electrons. The lowest BCUT2D eigenvalue weighted by atomic mass is 9.72. The van der Waals surface area contributed by atoms with Gasteiger partial charge in [0.2, 0.25) is 5.91 Å². The van der Waals surface area contributed by atoms with Crippen molar-refractivity contribution in [1.29, 1.82) is 0 Å². The van der Waals surface area contributed by atoms with Crippen molar-refractivity contribution in [2.75, 3.05) is 13.2 Å². The van der Waals surface area contributed by atoms with Gasteiger partial charge in [0.15, 0.2) is 0 Å². The first-order valence-corrected chi connectivity index (χ1v) is 6.60. The van der Waals surface area contributed by atoms with E-state index in [1.807, 2.05) is 0 Å². The molecule has 0 atom stereocenters. The van der Waals surface area contributed by atoms with E-state index in [0.717, 1.165) is 12.8 Å². The lowest BCUT2D eigenvalue weighted by Crippen LogP contribution is -2.29. The number of carbonyl (C=O) groups is 1. The predicted molar refractivity (Wildman–Crippen MR) is 71.8 cm³/mol. The Hall–Kier alpha value is -0.570. The van der Waals surface area contributed by atoms with Crippen LogP contribution in [0.4, 0.5) is 0 Å². The summed E-state index contributed by atoms with van der Waals surface area (Å²) in [6.45, 7) is 11.7. The Labute approximate surface area is 106 Å². The SMILES string of the molecule is CCC(C)(C)CC(C)(C)CCCNC(=O)CO. The van der Waals surface area contributed by atoms with Crippen LogP contribution in [0.25, 0.3) is 0 Å². The molecule has 2 N–H and O–H groups in total. The zero-order valence-corrected chi connectivity index (χ0v) is 12.1. The van der Waals surface area contributed by atoms with Gasteiger partial charge in [-0.2, -0.15) is 0 Å². The van der Waals surface area contributed by atoms with Gasteiger partial charge < -0.3 is 10.4 Å². The van der Waals surface area contributed by atoms with Crippen LogP contribution in [0.3, 0.4) is 0 Å². The zero-order chi connectivity index (χ0) is 13.5. The van der Waals surface area contributed by atoms with Gasteiger partial charge in [-0.1, -0.05) is 41.0 Å². The third-order valence-corrected chi connectivity index (χ3v) is 3.41. The number of hydrogen-bond donors (Lipinski definition) is 2. The van der Waals surface area contributed by atoms with Crippen LogP contribution in [0.5, 0.6) is 0 Å². The van der Waals surface area contributed by atoms with Gasteiger partial charge in [-0.15, -0.1) is 0 Å². The van der Waals surface area contributed by atoms with E-state index >= 15 is 0 Å². The Bertz CT molecular complexity index is 234. The molecule has 0 aliphatic rings. The Morgan fingerprint density at radius 3 is 2.24 bits per heavy atom. The van der Waals surface area contributed by atoms with E-state index in [1.54, 1.807) is 0 Å². The van der Waals surface area contributed by atoms with E-state index in [0.29, 0.717) is 17.4 Å². The number of nitrogens with one attached hydrogen (secondary N) is 1. The molecule has 0 rings (SSSR count). The first-order valence-electron chi connectivity index (χ1n) is 6.60. The lowest BCUT2D eigenvalue weighted by molar-refractivity contribution is -0.123. The molecule has 0 heterocycles. The summed E-state index contributed by atoms with van der Waals surface area (Å²) in [4.78, 5) is 10.9. The van der Waals surface area contributed by atoms with Crippen LogP contribution in [0.15, 0.2) is 0 Å². The number of aliphatic hydroxyl groups is 1. The van der Waals surface area contributed by atoms with Crippen molar-refractivity contribution in [3.63, 3.8) is 0 Å². The van der Waals surface area contributed by atoms with Crippen molar-refractivity contribution in [3.05, 3.63) is 0 Å². The van der Waals surface area contributed by atoms with Crippen molar-refractivity contribution < 1.29 is 9.90 Å². The monoisotopic (exact) mass is 243 g/mol. The summed E-state index contributed by atoms with van der Waals surface area (Å²) in [5.41, 5.74) is 0.696. The Morgan fingerprint density at radius 2 is 1.76 bits per heavy atom. The summed E-state index contributed by atoms with van der Waals surface area (Å²) in [6.07, 6.45) is 4.46. The van der Waals surface area contributed by atoms with Crippen molar-refractivity contribution in [2.24, 2.45) is 10.8 Å². The van der Waals surface area contributed by atoms with Crippen LogP contribution in [-0.2, 0) is 4.79 Å². The first kappa shape index (κ1) is 16.4. The summed E-state index contributed by atoms with van der Waals surface area (Å²) in [6, 6.07) is 0. The van der Waals surface area contributed by atoms with Crippen LogP contribution in [0, 0.1) is 10.8 Å². The lowest BCUT2D eigenvalue weighted by Gasteiger charge is -2.34. The first-order chi connectivity index (χ1) is 7.72. The van der Waals surface area contributed by atoms with Gasteiger partial charge >= 0.3 is 0 Å². The fourth-order valence-electron chi connectivity index (χ4n) is 2.36. The molecule has 0 aromatic rings. The Morgan fingerprint density at radius 1 is 1.18 bits per heavy atom. The molecule has 0 aromatic heterocycles. The average molecular weight is 243 g/mol. The normalized spacial score (nSPS) is 12.6. The maximum atomic E-state index is 10.9. The predicted octanol–water partition coefficient (Wildman–Crippen LogP) is 2.73. The molecular formula is C14H29NO2. The molecule has 0 unspecified atom stereocenters. The fourth-order valence-corrected chi connectivity index (χ4v) is 2.36. The third-order valence-electron chi connectivity index (χ3n) is 3.41. The smallest absolute Gasteiger partial charge is 0.245 e. The summed E-state index contributed by atoms with van der Waals surface area (Å²) in [5.74, 6) is -0.281. The second-order valence-electron chi connectivity index (χ2n) is 6.47. The second-order valence-corrected chi connectivity index (χ2v) is 6.47. The Balaban J connectivity index is 3.90. The molecule has 0 aliphatic carbocycles. The molecule has 17 heavy (non-hydrogen) atoms. The largest absolute Gasteiger partial charge is 0.387 e. The van der Waals surface area contributed by atoms with Crippen LogP contribution >= 0.6 is 0 Å². The van der Waals surface area contributed by atoms with Gasteiger partial charge in [-0.25, -0.2) is 0 Å². The van der Waals surface area contributed by atoms with E-state index in [9.17, 15) is 4.79 Å². The van der Waals surface area contributed by atoms with E-state index in [-0.39, 0.29) is 5.91 Å². The fraction of sp³-hybridized carbons (Fsp3) is 0.929. The summed E-state index contributed by atoms with van der Waals surface area (Å²) < 4.78 is 0. The molecule has 0 saturated carbocycles. The number of carbonyl (C=O) groups excluding carboxylic acids is 1. The van der Waals surface area contributed by atoms with E-state index in [2.05, 4.69) is 39.9 Å². The topological polar surface area (TPSA) is 49.3 Å². The molecule has 3 heteroatoms. The number of hydrogen-bond acceptors (Lipinski definition) is 2. The standard InChI is InChI=1S/C14H29NO2/c1-6-13(2,3)11-14(4,5)8-7-9-15-12(17)10-16/h16H,6-11H2,1-5H3,(H,15,17). The van der Waals surface area contributed by atoms with Crippen LogP contribution < -0.4 is 5.32 Å². The number of rotatable bonds is 8. The number of amides is 1. The average Bonchev–Trinajstić information content (AvgIpc) is 2.22. The van der Waals surface area contributed by atoms with Gasteiger partial charge in [0.05, 0.1) is 0 Å². The van der Waals surface area contributed by atoms with Crippen molar-refractivity contribution in [3.8, 4) is 0 Å². The van der Waals surface area contributed by atoms with Crippen molar-refractivity contribution in [2.45, 2.75) is 60.3 Å². The van der Waals surface area contributed by atoms with Gasteiger partial charge in [0, 0.05) is 6.54 Å². The van der Waals surface area contributed by atoms with E-state index in [4.69, 9.17) is 5.11 Å². The minimum atomic E-state index is -0.410. The molecule has 1 amide bonds. The molecule has 3 nitrogen and oxygen atoms in total. The van der Waals surface area contributed by atoms with Gasteiger partial charge in [0.1, 0.15) is 6.61 Å². The molecule has 0 saturated heterocycles. The van der Waals surface area contributed by atoms with E-state index in [1.165, 1.54) is 12.8 Å². The zero-order valence-electron chi connectivity index (χ0n) is 12.1. The summed E-state index contributed by atoms with van der Waals surface area (Å²) >= 11 is 0. The number of aliphatic hydroxyl groups excluding tert-OH is 1. The highest BCUT2D eigenvalue weighted by Gasteiger charge is 2.26. The van der Waals surface area contributed by atoms with Gasteiger partial charge in [-0.3, -0.25) is 4.79 Å². The van der Waals surface area contributed by atoms with E-state index < -0.39 is 6.61 Å². The maximum absolute atomic E-state index is 10.9. The quantitative estimate of drug-likeness (QED) is 0.644. The third kappa shape index (κ3) is 8.19. The van der Waals surface area contributed by atoms with Crippen LogP contribution in [-0.4, -0.2) is 24.2 Å². The summed E-state index contributed by atoms with van der Waals surface area (Å²) in [7, 11) is 0.